The van der Waals surface area contributed by atoms with Gasteiger partial charge in [-0.05, 0) is 18.8 Å². The summed E-state index contributed by atoms with van der Waals surface area (Å²) in [5.41, 5.74) is 0. The number of rotatable bonds is 16. The first-order chi connectivity index (χ1) is 11.7. The zero-order chi connectivity index (χ0) is 17.9. The Hall–Kier alpha value is -1.05. The van der Waals surface area contributed by atoms with E-state index in [1.807, 2.05) is 12.2 Å². The van der Waals surface area contributed by atoms with Crippen LogP contribution in [0.2, 0.25) is 0 Å². The van der Waals surface area contributed by atoms with Crippen LogP contribution in [0.3, 0.4) is 0 Å². The number of amides is 1. The monoisotopic (exact) mass is 335 g/mol. The molecular formula is C22H41NO. The van der Waals surface area contributed by atoms with Gasteiger partial charge in [-0.2, -0.15) is 0 Å². The van der Waals surface area contributed by atoms with Crippen LogP contribution in [0.15, 0.2) is 24.3 Å². The van der Waals surface area contributed by atoms with Crippen molar-refractivity contribution in [2.75, 3.05) is 6.54 Å². The van der Waals surface area contributed by atoms with E-state index in [9.17, 15) is 4.79 Å². The van der Waals surface area contributed by atoms with E-state index in [2.05, 4.69) is 32.2 Å². The fourth-order valence-electron chi connectivity index (χ4n) is 2.61. The van der Waals surface area contributed by atoms with Crippen LogP contribution in [-0.2, 0) is 4.79 Å². The predicted octanol–water partition coefficient (Wildman–Crippen LogP) is 6.57. The first kappa shape index (κ1) is 22.9. The van der Waals surface area contributed by atoms with Gasteiger partial charge in [0.2, 0.25) is 5.91 Å². The van der Waals surface area contributed by atoms with Crippen LogP contribution >= 0.6 is 0 Å². The largest absolute Gasteiger partial charge is 0.352 e. The topological polar surface area (TPSA) is 29.1 Å². The van der Waals surface area contributed by atoms with Crippen molar-refractivity contribution in [1.82, 2.24) is 5.32 Å². The van der Waals surface area contributed by atoms with Gasteiger partial charge in [0, 0.05) is 12.6 Å². The van der Waals surface area contributed by atoms with E-state index in [1.54, 1.807) is 6.08 Å². The highest BCUT2D eigenvalue weighted by Crippen LogP contribution is 2.11. The highest BCUT2D eigenvalue weighted by Gasteiger charge is 1.96. The summed E-state index contributed by atoms with van der Waals surface area (Å²) >= 11 is 0. The Morgan fingerprint density at radius 2 is 1.38 bits per heavy atom. The van der Waals surface area contributed by atoms with Crippen molar-refractivity contribution < 1.29 is 4.79 Å². The number of carbonyl (C=O) groups is 1. The maximum atomic E-state index is 11.4. The molecule has 0 aliphatic carbocycles. The molecule has 0 fully saturated rings. The Labute approximate surface area is 151 Å². The van der Waals surface area contributed by atoms with Gasteiger partial charge in [-0.25, -0.2) is 0 Å². The summed E-state index contributed by atoms with van der Waals surface area (Å²) in [4.78, 5) is 11.4. The Bertz CT molecular complexity index is 331. The molecule has 0 saturated heterocycles. The first-order valence-corrected chi connectivity index (χ1v) is 10.3. The SMILES string of the molecule is CCCCCCCCCCCCCC=CC=CC(=O)NCC(C)C. The standard InChI is InChI=1S/C22H41NO/c1-4-5-6-7-8-9-10-11-12-13-14-15-16-17-18-19-22(24)23-20-21(2)3/h16-19,21H,4-15,20H2,1-3H3,(H,23,24). The summed E-state index contributed by atoms with van der Waals surface area (Å²) in [5.74, 6) is 0.502. The second-order valence-corrected chi connectivity index (χ2v) is 7.25. The molecule has 0 aromatic heterocycles. The van der Waals surface area contributed by atoms with E-state index in [0.717, 1.165) is 13.0 Å². The lowest BCUT2D eigenvalue weighted by atomic mass is 10.1. The maximum absolute atomic E-state index is 11.4. The minimum atomic E-state index is 0.00282. The van der Waals surface area contributed by atoms with Gasteiger partial charge >= 0.3 is 0 Å². The van der Waals surface area contributed by atoms with Crippen molar-refractivity contribution in [1.29, 1.82) is 0 Å². The molecule has 140 valence electrons. The van der Waals surface area contributed by atoms with Crippen LogP contribution in [0.1, 0.15) is 97.8 Å². The third-order valence-electron chi connectivity index (χ3n) is 4.15. The molecule has 0 saturated carbocycles. The summed E-state index contributed by atoms with van der Waals surface area (Å²) in [5, 5.41) is 2.87. The molecule has 0 unspecified atom stereocenters. The lowest BCUT2D eigenvalue weighted by molar-refractivity contribution is -0.116. The van der Waals surface area contributed by atoms with E-state index < -0.39 is 0 Å². The van der Waals surface area contributed by atoms with Gasteiger partial charge in [-0.1, -0.05) is 103 Å². The van der Waals surface area contributed by atoms with Crippen molar-refractivity contribution in [2.45, 2.75) is 97.8 Å². The average Bonchev–Trinajstić information content (AvgIpc) is 2.56. The molecule has 0 heterocycles. The van der Waals surface area contributed by atoms with Gasteiger partial charge in [-0.3, -0.25) is 4.79 Å². The summed E-state index contributed by atoms with van der Waals surface area (Å²) in [6.07, 6.45) is 24.0. The summed E-state index contributed by atoms with van der Waals surface area (Å²) in [6, 6.07) is 0. The lowest BCUT2D eigenvalue weighted by Gasteiger charge is -2.03. The van der Waals surface area contributed by atoms with Crippen molar-refractivity contribution in [3.8, 4) is 0 Å². The molecule has 0 atom stereocenters. The molecule has 2 heteroatoms. The van der Waals surface area contributed by atoms with Crippen LogP contribution in [0.4, 0.5) is 0 Å². The molecule has 2 nitrogen and oxygen atoms in total. The van der Waals surface area contributed by atoms with Gasteiger partial charge in [-0.15, -0.1) is 0 Å². The van der Waals surface area contributed by atoms with Gasteiger partial charge in [0.1, 0.15) is 0 Å². The molecule has 0 aliphatic heterocycles. The predicted molar refractivity (Wildman–Crippen MR) is 107 cm³/mol. The van der Waals surface area contributed by atoms with Crippen LogP contribution in [0.25, 0.3) is 0 Å². The molecule has 1 amide bonds. The second kappa shape index (κ2) is 18.3. The van der Waals surface area contributed by atoms with Crippen molar-refractivity contribution in [3.63, 3.8) is 0 Å². The third-order valence-corrected chi connectivity index (χ3v) is 4.15. The van der Waals surface area contributed by atoms with Crippen LogP contribution in [0, 0.1) is 5.92 Å². The average molecular weight is 336 g/mol. The maximum Gasteiger partial charge on any atom is 0.243 e. The first-order valence-electron chi connectivity index (χ1n) is 10.3. The van der Waals surface area contributed by atoms with Gasteiger partial charge in [0.15, 0.2) is 0 Å². The molecule has 0 spiro atoms. The van der Waals surface area contributed by atoms with E-state index in [4.69, 9.17) is 0 Å². The minimum absolute atomic E-state index is 0.00282. The molecular weight excluding hydrogens is 294 g/mol. The Morgan fingerprint density at radius 3 is 1.92 bits per heavy atom. The second-order valence-electron chi connectivity index (χ2n) is 7.25. The van der Waals surface area contributed by atoms with Crippen molar-refractivity contribution >= 4 is 5.91 Å². The Balaban J connectivity index is 3.30. The molecule has 0 radical (unpaired) electrons. The molecule has 0 aromatic carbocycles. The third kappa shape index (κ3) is 19.0. The van der Waals surface area contributed by atoms with Crippen LogP contribution in [0.5, 0.6) is 0 Å². The quantitative estimate of drug-likeness (QED) is 0.193. The number of carbonyl (C=O) groups excluding carboxylic acids is 1. The molecule has 24 heavy (non-hydrogen) atoms. The Morgan fingerprint density at radius 1 is 0.833 bits per heavy atom. The fourth-order valence-corrected chi connectivity index (χ4v) is 2.61. The van der Waals surface area contributed by atoms with Crippen molar-refractivity contribution in [3.05, 3.63) is 24.3 Å². The van der Waals surface area contributed by atoms with E-state index in [1.165, 1.54) is 70.6 Å². The normalized spacial score (nSPS) is 11.8. The summed E-state index contributed by atoms with van der Waals surface area (Å²) < 4.78 is 0. The molecule has 0 bridgehead atoms. The van der Waals surface area contributed by atoms with E-state index in [0.29, 0.717) is 5.92 Å². The molecule has 0 aromatic rings. The van der Waals surface area contributed by atoms with Crippen molar-refractivity contribution in [2.24, 2.45) is 5.92 Å². The smallest absolute Gasteiger partial charge is 0.243 e. The number of nitrogens with one attached hydrogen (secondary N) is 1. The highest BCUT2D eigenvalue weighted by atomic mass is 16.1. The lowest BCUT2D eigenvalue weighted by Crippen LogP contribution is -2.25. The molecule has 1 N–H and O–H groups in total. The zero-order valence-corrected chi connectivity index (χ0v) is 16.5. The summed E-state index contributed by atoms with van der Waals surface area (Å²) in [6.45, 7) is 7.21. The number of hydrogen-bond donors (Lipinski definition) is 1. The highest BCUT2D eigenvalue weighted by molar-refractivity contribution is 5.87. The summed E-state index contributed by atoms with van der Waals surface area (Å²) in [7, 11) is 0. The Kier molecular flexibility index (Phi) is 17.5. The van der Waals surface area contributed by atoms with Gasteiger partial charge < -0.3 is 5.32 Å². The minimum Gasteiger partial charge on any atom is -0.352 e. The van der Waals surface area contributed by atoms with E-state index >= 15 is 0 Å². The van der Waals surface area contributed by atoms with Gasteiger partial charge in [0.05, 0.1) is 0 Å². The molecule has 0 rings (SSSR count). The zero-order valence-electron chi connectivity index (χ0n) is 16.5. The number of hydrogen-bond acceptors (Lipinski definition) is 1. The van der Waals surface area contributed by atoms with Crippen LogP contribution in [-0.4, -0.2) is 12.5 Å². The van der Waals surface area contributed by atoms with Crippen LogP contribution < -0.4 is 5.32 Å². The number of unbranched alkanes of at least 4 members (excludes halogenated alkanes) is 11. The number of allylic oxidation sites excluding steroid dienone is 3. The fraction of sp³-hybridized carbons (Fsp3) is 0.773. The molecule has 0 aliphatic rings. The van der Waals surface area contributed by atoms with Gasteiger partial charge in [0.25, 0.3) is 0 Å². The van der Waals surface area contributed by atoms with E-state index in [-0.39, 0.29) is 5.91 Å².